The molecule has 2 atom stereocenters. The third kappa shape index (κ3) is 3.33. The zero-order valence-corrected chi connectivity index (χ0v) is 14.2. The van der Waals surface area contributed by atoms with Crippen molar-refractivity contribution in [3.63, 3.8) is 0 Å². The van der Waals surface area contributed by atoms with Gasteiger partial charge < -0.3 is 15.3 Å². The molecule has 0 aromatic carbocycles. The van der Waals surface area contributed by atoms with Crippen LogP contribution in [0.4, 0.5) is 0 Å². The Kier molecular flexibility index (Phi) is 4.52. The van der Waals surface area contributed by atoms with Crippen molar-refractivity contribution in [2.45, 2.75) is 64.8 Å². The van der Waals surface area contributed by atoms with Gasteiger partial charge in [-0.2, -0.15) is 0 Å². The van der Waals surface area contributed by atoms with Crippen LogP contribution in [-0.4, -0.2) is 48.2 Å². The first kappa shape index (κ1) is 16.3. The topological polar surface area (TPSA) is 52.6 Å². The zero-order chi connectivity index (χ0) is 15.8. The summed E-state index contributed by atoms with van der Waals surface area (Å²) in [7, 11) is 0. The highest BCUT2D eigenvalue weighted by Gasteiger charge is 2.46. The molecule has 3 rings (SSSR count). The van der Waals surface area contributed by atoms with Gasteiger partial charge in [0.15, 0.2) is 0 Å². The molecule has 4 nitrogen and oxygen atoms in total. The third-order valence-corrected chi connectivity index (χ3v) is 6.59. The molecule has 1 unspecified atom stereocenters. The average Bonchev–Trinajstić information content (AvgIpc) is 3.21. The van der Waals surface area contributed by atoms with E-state index in [9.17, 15) is 9.90 Å². The molecule has 2 aliphatic carbocycles. The molecular formula is C18H32N2O2. The summed E-state index contributed by atoms with van der Waals surface area (Å²) in [6.07, 6.45) is 7.88. The van der Waals surface area contributed by atoms with Gasteiger partial charge in [-0.15, -0.1) is 0 Å². The van der Waals surface area contributed by atoms with Gasteiger partial charge >= 0.3 is 5.97 Å². The molecule has 0 spiro atoms. The van der Waals surface area contributed by atoms with Gasteiger partial charge in [-0.1, -0.05) is 26.7 Å². The third-order valence-electron chi connectivity index (χ3n) is 6.59. The second-order valence-electron chi connectivity index (χ2n) is 8.42. The fourth-order valence-corrected chi connectivity index (χ4v) is 4.23. The van der Waals surface area contributed by atoms with E-state index >= 15 is 0 Å². The van der Waals surface area contributed by atoms with E-state index in [0.717, 1.165) is 57.4 Å². The summed E-state index contributed by atoms with van der Waals surface area (Å²) in [6.45, 7) is 8.71. The lowest BCUT2D eigenvalue weighted by atomic mass is 9.68. The minimum absolute atomic E-state index is 0.396. The van der Waals surface area contributed by atoms with E-state index in [1.165, 1.54) is 25.7 Å². The van der Waals surface area contributed by atoms with Crippen molar-refractivity contribution in [3.8, 4) is 0 Å². The van der Waals surface area contributed by atoms with Crippen molar-refractivity contribution in [3.05, 3.63) is 0 Å². The first-order valence-corrected chi connectivity index (χ1v) is 9.16. The van der Waals surface area contributed by atoms with Gasteiger partial charge in [0.25, 0.3) is 0 Å². The van der Waals surface area contributed by atoms with Gasteiger partial charge in [0.1, 0.15) is 0 Å². The number of carboxylic acids is 1. The quantitative estimate of drug-likeness (QED) is 0.759. The number of likely N-dealkylation sites (tertiary alicyclic amines) is 1. The molecule has 0 radical (unpaired) electrons. The number of carbonyl (C=O) groups is 1. The van der Waals surface area contributed by atoms with Crippen LogP contribution in [0.15, 0.2) is 0 Å². The zero-order valence-electron chi connectivity index (χ0n) is 14.2. The van der Waals surface area contributed by atoms with Crippen LogP contribution in [0.3, 0.4) is 0 Å². The number of rotatable bonds is 7. The normalized spacial score (nSPS) is 33.2. The van der Waals surface area contributed by atoms with Crippen LogP contribution in [0.2, 0.25) is 0 Å². The fourth-order valence-electron chi connectivity index (χ4n) is 4.23. The van der Waals surface area contributed by atoms with Crippen LogP contribution in [0.5, 0.6) is 0 Å². The standard InChI is InChI=1S/C18H32N2O2/c1-3-14-11-15(14)19-12-17(2)7-9-20(10-8-17)13-18(16(21)22)5-4-6-18/h14-15,19H,3-13H2,1-2H3,(H,21,22)/t14?,15-/m1/s1. The number of piperidine rings is 1. The van der Waals surface area contributed by atoms with Gasteiger partial charge in [-0.05, 0) is 56.5 Å². The van der Waals surface area contributed by atoms with Crippen molar-refractivity contribution >= 4 is 5.97 Å². The van der Waals surface area contributed by atoms with Crippen LogP contribution in [-0.2, 0) is 4.79 Å². The molecule has 2 N–H and O–H groups in total. The van der Waals surface area contributed by atoms with Gasteiger partial charge in [0.2, 0.25) is 0 Å². The van der Waals surface area contributed by atoms with Crippen molar-refractivity contribution in [1.82, 2.24) is 10.2 Å². The predicted octanol–water partition coefficient (Wildman–Crippen LogP) is 2.73. The van der Waals surface area contributed by atoms with Crippen LogP contribution >= 0.6 is 0 Å². The summed E-state index contributed by atoms with van der Waals surface area (Å²) in [6, 6.07) is 0.769. The van der Waals surface area contributed by atoms with E-state index in [-0.39, 0.29) is 0 Å². The molecule has 1 aliphatic heterocycles. The smallest absolute Gasteiger partial charge is 0.310 e. The van der Waals surface area contributed by atoms with Crippen LogP contribution in [0, 0.1) is 16.7 Å². The number of nitrogens with one attached hydrogen (secondary N) is 1. The van der Waals surface area contributed by atoms with E-state index in [0.29, 0.717) is 5.41 Å². The van der Waals surface area contributed by atoms with Crippen LogP contribution in [0.25, 0.3) is 0 Å². The van der Waals surface area contributed by atoms with Gasteiger partial charge in [-0.3, -0.25) is 4.79 Å². The van der Waals surface area contributed by atoms with E-state index in [1.807, 2.05) is 0 Å². The Morgan fingerprint density at radius 2 is 1.95 bits per heavy atom. The maximum atomic E-state index is 11.5. The lowest BCUT2D eigenvalue weighted by Crippen LogP contribution is -2.51. The van der Waals surface area contributed by atoms with Gasteiger partial charge in [-0.25, -0.2) is 0 Å². The molecule has 1 saturated heterocycles. The number of hydrogen-bond donors (Lipinski definition) is 2. The monoisotopic (exact) mass is 308 g/mol. The second kappa shape index (κ2) is 6.12. The fraction of sp³-hybridized carbons (Fsp3) is 0.944. The molecule has 0 aromatic rings. The number of carboxylic acid groups (broad SMARTS) is 1. The summed E-state index contributed by atoms with van der Waals surface area (Å²) in [5.74, 6) is 0.339. The summed E-state index contributed by atoms with van der Waals surface area (Å²) in [5.41, 5.74) is -0.0261. The maximum absolute atomic E-state index is 11.5. The Hall–Kier alpha value is -0.610. The summed E-state index contributed by atoms with van der Waals surface area (Å²) >= 11 is 0. The van der Waals surface area contributed by atoms with Crippen molar-refractivity contribution in [1.29, 1.82) is 0 Å². The summed E-state index contributed by atoms with van der Waals surface area (Å²) in [5, 5.41) is 13.2. The Balaban J connectivity index is 1.42. The SMILES string of the molecule is CCC1C[C@H]1NCC1(C)CCN(CC2(C(=O)O)CCC2)CC1. The Bertz CT molecular complexity index is 411. The van der Waals surface area contributed by atoms with Crippen LogP contribution < -0.4 is 5.32 Å². The molecule has 1 heterocycles. The highest BCUT2D eigenvalue weighted by Crippen LogP contribution is 2.43. The molecule has 3 fully saturated rings. The molecule has 22 heavy (non-hydrogen) atoms. The number of nitrogens with zero attached hydrogens (tertiary/aromatic N) is 1. The Morgan fingerprint density at radius 1 is 1.27 bits per heavy atom. The molecule has 126 valence electrons. The first-order valence-electron chi connectivity index (χ1n) is 9.16. The van der Waals surface area contributed by atoms with E-state index in [2.05, 4.69) is 24.1 Å². The highest BCUT2D eigenvalue weighted by molar-refractivity contribution is 5.76. The largest absolute Gasteiger partial charge is 0.481 e. The van der Waals surface area contributed by atoms with Gasteiger partial charge in [0, 0.05) is 19.1 Å². The Labute approximate surface area is 134 Å². The Morgan fingerprint density at radius 3 is 2.41 bits per heavy atom. The highest BCUT2D eigenvalue weighted by atomic mass is 16.4. The van der Waals surface area contributed by atoms with Gasteiger partial charge in [0.05, 0.1) is 5.41 Å². The van der Waals surface area contributed by atoms with Crippen molar-refractivity contribution < 1.29 is 9.90 Å². The molecule has 0 amide bonds. The minimum atomic E-state index is -0.576. The molecule has 0 aromatic heterocycles. The number of aliphatic carboxylic acids is 1. The predicted molar refractivity (Wildman–Crippen MR) is 87.9 cm³/mol. The van der Waals surface area contributed by atoms with Crippen LogP contribution in [0.1, 0.15) is 58.8 Å². The number of hydrogen-bond acceptors (Lipinski definition) is 3. The maximum Gasteiger partial charge on any atom is 0.310 e. The van der Waals surface area contributed by atoms with E-state index in [4.69, 9.17) is 0 Å². The minimum Gasteiger partial charge on any atom is -0.481 e. The molecular weight excluding hydrogens is 276 g/mol. The average molecular weight is 308 g/mol. The lowest BCUT2D eigenvalue weighted by molar-refractivity contribution is -0.156. The molecule has 0 bridgehead atoms. The molecule has 2 saturated carbocycles. The first-order chi connectivity index (χ1) is 10.5. The second-order valence-corrected chi connectivity index (χ2v) is 8.42. The van der Waals surface area contributed by atoms with Crippen molar-refractivity contribution in [2.75, 3.05) is 26.2 Å². The lowest BCUT2D eigenvalue weighted by Gasteiger charge is -2.45. The molecule has 3 aliphatic rings. The van der Waals surface area contributed by atoms with Crippen molar-refractivity contribution in [2.24, 2.45) is 16.7 Å². The van der Waals surface area contributed by atoms with E-state index < -0.39 is 11.4 Å². The molecule has 4 heteroatoms. The summed E-state index contributed by atoms with van der Waals surface area (Å²) in [4.78, 5) is 13.9. The van der Waals surface area contributed by atoms with E-state index in [1.54, 1.807) is 0 Å². The summed E-state index contributed by atoms with van der Waals surface area (Å²) < 4.78 is 0.